The van der Waals surface area contributed by atoms with Crippen LogP contribution in [0.25, 0.3) is 0 Å². The maximum Gasteiger partial charge on any atom is 0.122 e. The highest BCUT2D eigenvalue weighted by molar-refractivity contribution is 5.41. The fraction of sp³-hybridized carbons (Fsp3) is 0.407. The molecule has 2 rings (SSSR count). The predicted octanol–water partition coefficient (Wildman–Crippen LogP) is 4.59. The first kappa shape index (κ1) is 26.3. The second-order valence-corrected chi connectivity index (χ2v) is 8.21. The second kappa shape index (κ2) is 13.6. The minimum atomic E-state index is -0.695. The van der Waals surface area contributed by atoms with Crippen molar-refractivity contribution in [2.24, 2.45) is 0 Å². The maximum absolute atomic E-state index is 9.89. The number of benzene rings is 2. The largest absolute Gasteiger partial charge is 0.499 e. The number of aliphatic hydroxyl groups is 2. The Hall–Kier alpha value is -2.96. The lowest BCUT2D eigenvalue weighted by molar-refractivity contribution is 0.0463. The Labute approximate surface area is 197 Å². The van der Waals surface area contributed by atoms with Crippen molar-refractivity contribution in [1.82, 2.24) is 0 Å². The van der Waals surface area contributed by atoms with Crippen LogP contribution in [-0.4, -0.2) is 48.8 Å². The molecule has 0 heterocycles. The average Bonchev–Trinajstić information content (AvgIpc) is 2.82. The number of allylic oxidation sites excluding steroid dienone is 2. The highest BCUT2D eigenvalue weighted by Gasteiger charge is 2.23. The third-order valence-electron chi connectivity index (χ3n) is 5.08. The van der Waals surface area contributed by atoms with Crippen LogP contribution in [0.5, 0.6) is 11.5 Å². The van der Waals surface area contributed by atoms with E-state index in [1.54, 1.807) is 24.7 Å². The molecule has 0 saturated carbocycles. The van der Waals surface area contributed by atoms with Gasteiger partial charge in [0.05, 0.1) is 12.5 Å². The van der Waals surface area contributed by atoms with Crippen LogP contribution in [0, 0.1) is 0 Å². The second-order valence-electron chi connectivity index (χ2n) is 8.21. The molecule has 0 bridgehead atoms. The van der Waals surface area contributed by atoms with E-state index in [-0.39, 0.29) is 31.8 Å². The Morgan fingerprint density at radius 1 is 0.667 bits per heavy atom. The molecule has 0 aliphatic carbocycles. The van der Waals surface area contributed by atoms with Gasteiger partial charge in [-0.15, -0.1) is 0 Å². The summed E-state index contributed by atoms with van der Waals surface area (Å²) in [5, 5.41) is 19.8. The molecule has 180 valence electrons. The number of hydrogen-bond acceptors (Lipinski definition) is 6. The van der Waals surface area contributed by atoms with Crippen molar-refractivity contribution in [3.63, 3.8) is 0 Å². The number of aliphatic hydroxyl groups excluding tert-OH is 2. The van der Waals surface area contributed by atoms with E-state index in [2.05, 4.69) is 13.8 Å². The molecule has 0 fully saturated rings. The molecule has 0 amide bonds. The van der Waals surface area contributed by atoms with Gasteiger partial charge in [0.2, 0.25) is 0 Å². The molecule has 2 unspecified atom stereocenters. The van der Waals surface area contributed by atoms with E-state index in [4.69, 9.17) is 18.9 Å². The lowest BCUT2D eigenvalue weighted by Crippen LogP contribution is -2.23. The van der Waals surface area contributed by atoms with E-state index in [0.29, 0.717) is 11.5 Å². The highest BCUT2D eigenvalue weighted by atomic mass is 16.5. The molecular weight excluding hydrogens is 420 g/mol. The Morgan fingerprint density at radius 2 is 1.03 bits per heavy atom. The van der Waals surface area contributed by atoms with Gasteiger partial charge < -0.3 is 29.2 Å². The van der Waals surface area contributed by atoms with Crippen LogP contribution in [0.2, 0.25) is 0 Å². The zero-order valence-corrected chi connectivity index (χ0v) is 19.9. The first-order chi connectivity index (χ1) is 15.9. The first-order valence-electron chi connectivity index (χ1n) is 11.1. The highest BCUT2D eigenvalue weighted by Crippen LogP contribution is 2.33. The summed E-state index contributed by atoms with van der Waals surface area (Å²) < 4.78 is 21.6. The van der Waals surface area contributed by atoms with Crippen molar-refractivity contribution >= 4 is 0 Å². The van der Waals surface area contributed by atoms with Crippen molar-refractivity contribution in [2.45, 2.75) is 45.3 Å². The third-order valence-corrected chi connectivity index (χ3v) is 5.08. The van der Waals surface area contributed by atoms with Crippen LogP contribution in [0.1, 0.15) is 38.8 Å². The zero-order valence-electron chi connectivity index (χ0n) is 19.9. The molecule has 33 heavy (non-hydrogen) atoms. The summed E-state index contributed by atoms with van der Waals surface area (Å²) in [6.07, 6.45) is 5.23. The van der Waals surface area contributed by atoms with E-state index in [9.17, 15) is 10.2 Å². The van der Waals surface area contributed by atoms with Gasteiger partial charge >= 0.3 is 0 Å². The molecule has 0 aliphatic heterocycles. The summed E-state index contributed by atoms with van der Waals surface area (Å²) >= 11 is 0. The van der Waals surface area contributed by atoms with Crippen LogP contribution < -0.4 is 9.47 Å². The SMILES string of the molecule is CC=COCC(O)COc1ccc(C(C)(C)c2ccc(OCC(O)COC=CC)cc2)cc1. The van der Waals surface area contributed by atoms with Gasteiger partial charge in [-0.1, -0.05) is 50.3 Å². The van der Waals surface area contributed by atoms with Crippen molar-refractivity contribution in [2.75, 3.05) is 26.4 Å². The summed E-state index contributed by atoms with van der Waals surface area (Å²) in [6, 6.07) is 15.8. The smallest absolute Gasteiger partial charge is 0.122 e. The molecular formula is C27H36O6. The summed E-state index contributed by atoms with van der Waals surface area (Å²) in [5.74, 6) is 1.39. The van der Waals surface area contributed by atoms with Gasteiger partial charge in [0.15, 0.2) is 0 Å². The molecule has 0 spiro atoms. The molecule has 0 saturated heterocycles. The van der Waals surface area contributed by atoms with Gasteiger partial charge in [0.25, 0.3) is 0 Å². The molecule has 2 N–H and O–H groups in total. The third kappa shape index (κ3) is 8.83. The molecule has 6 heteroatoms. The number of rotatable bonds is 14. The molecule has 0 radical (unpaired) electrons. The van der Waals surface area contributed by atoms with Gasteiger partial charge in [-0.2, -0.15) is 0 Å². The molecule has 6 nitrogen and oxygen atoms in total. The molecule has 2 atom stereocenters. The van der Waals surface area contributed by atoms with Crippen LogP contribution in [-0.2, 0) is 14.9 Å². The fourth-order valence-electron chi connectivity index (χ4n) is 3.11. The van der Waals surface area contributed by atoms with Gasteiger partial charge in [0, 0.05) is 5.41 Å². The van der Waals surface area contributed by atoms with Crippen molar-refractivity contribution < 1.29 is 29.2 Å². The van der Waals surface area contributed by atoms with Crippen LogP contribution >= 0.6 is 0 Å². The lowest BCUT2D eigenvalue weighted by atomic mass is 9.78. The van der Waals surface area contributed by atoms with Gasteiger partial charge in [-0.3, -0.25) is 0 Å². The van der Waals surface area contributed by atoms with E-state index in [1.165, 1.54) is 0 Å². The van der Waals surface area contributed by atoms with E-state index in [0.717, 1.165) is 11.1 Å². The van der Waals surface area contributed by atoms with Gasteiger partial charge in [-0.25, -0.2) is 0 Å². The number of ether oxygens (including phenoxy) is 4. The molecule has 2 aromatic rings. The van der Waals surface area contributed by atoms with Crippen LogP contribution in [0.4, 0.5) is 0 Å². The Morgan fingerprint density at radius 3 is 1.36 bits per heavy atom. The Kier molecular flexibility index (Phi) is 10.8. The summed E-state index contributed by atoms with van der Waals surface area (Å²) in [5.41, 5.74) is 2.05. The topological polar surface area (TPSA) is 77.4 Å². The molecule has 2 aromatic carbocycles. The normalized spacial score (nSPS) is 13.8. The average molecular weight is 457 g/mol. The van der Waals surface area contributed by atoms with E-state index >= 15 is 0 Å². The summed E-state index contributed by atoms with van der Waals surface area (Å²) in [6.45, 7) is 8.73. The van der Waals surface area contributed by atoms with Crippen molar-refractivity contribution in [1.29, 1.82) is 0 Å². The van der Waals surface area contributed by atoms with Gasteiger partial charge in [-0.05, 0) is 49.2 Å². The minimum absolute atomic E-state index is 0.165. The minimum Gasteiger partial charge on any atom is -0.499 e. The molecule has 0 aromatic heterocycles. The quantitative estimate of drug-likeness (QED) is 0.405. The van der Waals surface area contributed by atoms with Crippen molar-refractivity contribution in [3.05, 3.63) is 84.3 Å². The lowest BCUT2D eigenvalue weighted by Gasteiger charge is -2.26. The zero-order chi connectivity index (χ0) is 24.1. The standard InChI is InChI=1S/C27H36O6/c1-5-15-30-17-23(28)19-32-25-11-7-21(8-12-25)27(3,4)22-9-13-26(14-10-22)33-20-24(29)18-31-16-6-2/h5-16,23-24,28-29H,17-20H2,1-4H3. The van der Waals surface area contributed by atoms with E-state index in [1.807, 2.05) is 62.4 Å². The maximum atomic E-state index is 9.89. The Bertz CT molecular complexity index is 784. The summed E-state index contributed by atoms with van der Waals surface area (Å²) in [4.78, 5) is 0. The predicted molar refractivity (Wildman–Crippen MR) is 130 cm³/mol. The fourth-order valence-corrected chi connectivity index (χ4v) is 3.11. The number of hydrogen-bond donors (Lipinski definition) is 2. The van der Waals surface area contributed by atoms with Crippen LogP contribution in [0.15, 0.2) is 73.2 Å². The van der Waals surface area contributed by atoms with Crippen molar-refractivity contribution in [3.8, 4) is 11.5 Å². The summed E-state index contributed by atoms with van der Waals surface area (Å²) in [7, 11) is 0. The van der Waals surface area contributed by atoms with Gasteiger partial charge in [0.1, 0.15) is 50.1 Å². The molecule has 0 aliphatic rings. The first-order valence-corrected chi connectivity index (χ1v) is 11.1. The van der Waals surface area contributed by atoms with E-state index < -0.39 is 12.2 Å². The monoisotopic (exact) mass is 456 g/mol. The Balaban J connectivity index is 1.90. The van der Waals surface area contributed by atoms with Crippen LogP contribution in [0.3, 0.4) is 0 Å².